The molecule has 0 nitrogen and oxygen atoms in total. The summed E-state index contributed by atoms with van der Waals surface area (Å²) in [6.07, 6.45) is -42.0. The van der Waals surface area contributed by atoms with Gasteiger partial charge in [-0.2, -0.15) is 118 Å². The molecule has 0 heterocycles. The molecular formula is C42H20F24FeP2-6. The number of rotatable bonds is 6. The minimum atomic E-state index is -5.26. The molecule has 6 aromatic rings. The maximum Gasteiger partial charge on any atom is 0.416 e. The van der Waals surface area contributed by atoms with Crippen molar-refractivity contribution in [3.63, 3.8) is 0 Å². The Balaban J connectivity index is 0.000000296. The molecular weight excluding hydrogens is 1080 g/mol. The first-order valence-corrected chi connectivity index (χ1v) is 20.6. The van der Waals surface area contributed by atoms with Gasteiger partial charge in [0.25, 0.3) is 0 Å². The van der Waals surface area contributed by atoms with Gasteiger partial charge in [0, 0.05) is 17.1 Å². The van der Waals surface area contributed by atoms with Crippen LogP contribution in [0.4, 0.5) is 105 Å². The first-order chi connectivity index (χ1) is 30.7. The molecule has 0 atom stereocenters. The third-order valence-corrected chi connectivity index (χ3v) is 13.9. The summed E-state index contributed by atoms with van der Waals surface area (Å²) in [5.41, 5.74) is -13.9. The number of halogens is 24. The normalized spacial score (nSPS) is 13.4. The van der Waals surface area contributed by atoms with Crippen molar-refractivity contribution in [3.05, 3.63) is 166 Å². The second kappa shape index (κ2) is 19.8. The fourth-order valence-electron chi connectivity index (χ4n) is 6.19. The summed E-state index contributed by atoms with van der Waals surface area (Å²) in [5, 5.41) is -2.91. The molecule has 69 heavy (non-hydrogen) atoms. The van der Waals surface area contributed by atoms with Crippen molar-refractivity contribution in [2.75, 3.05) is 0 Å². The predicted octanol–water partition coefficient (Wildman–Crippen LogP) is 14.5. The molecule has 0 unspecified atom stereocenters. The number of hydrogen-bond donors (Lipinski definition) is 0. The predicted molar refractivity (Wildman–Crippen MR) is 201 cm³/mol. The van der Waals surface area contributed by atoms with Gasteiger partial charge < -0.3 is 29.6 Å². The summed E-state index contributed by atoms with van der Waals surface area (Å²) in [6.45, 7) is 0. The number of alkyl halides is 24. The zero-order valence-corrected chi connectivity index (χ0v) is 35.8. The summed E-state index contributed by atoms with van der Waals surface area (Å²) in [5.74, 6) is 0. The maximum atomic E-state index is 13.3. The van der Waals surface area contributed by atoms with Gasteiger partial charge in [-0.3, -0.25) is 0 Å². The van der Waals surface area contributed by atoms with Crippen molar-refractivity contribution in [2.45, 2.75) is 49.4 Å². The van der Waals surface area contributed by atoms with Crippen molar-refractivity contribution >= 4 is 47.7 Å². The summed E-state index contributed by atoms with van der Waals surface area (Å²) < 4.78 is 320. The molecule has 380 valence electrons. The van der Waals surface area contributed by atoms with Crippen LogP contribution in [0.3, 0.4) is 0 Å². The van der Waals surface area contributed by atoms with Gasteiger partial charge in [0.15, 0.2) is 0 Å². The third kappa shape index (κ3) is 14.2. The summed E-state index contributed by atoms with van der Waals surface area (Å²) >= 11 is 0. The Labute approximate surface area is 384 Å². The summed E-state index contributed by atoms with van der Waals surface area (Å²) in [7, 11) is -5.32. The van der Waals surface area contributed by atoms with Gasteiger partial charge in [0.2, 0.25) is 0 Å². The average molecular weight is 1100 g/mol. The molecule has 6 rings (SSSR count). The van der Waals surface area contributed by atoms with Crippen molar-refractivity contribution in [2.24, 2.45) is 0 Å². The van der Waals surface area contributed by atoms with Crippen molar-refractivity contribution in [1.82, 2.24) is 0 Å². The molecule has 0 bridgehead atoms. The first-order valence-electron chi connectivity index (χ1n) is 18.0. The number of hydrogen-bond acceptors (Lipinski definition) is 0. The first kappa shape index (κ1) is 56.9. The Bertz CT molecular complexity index is 2210. The molecule has 0 saturated carbocycles. The minimum absolute atomic E-state index is 0. The van der Waals surface area contributed by atoms with E-state index in [1.165, 1.54) is 48.5 Å². The third-order valence-electron chi connectivity index (χ3n) is 9.13. The molecule has 0 saturated heterocycles. The van der Waals surface area contributed by atoms with Gasteiger partial charge in [-0.1, -0.05) is 18.5 Å². The summed E-state index contributed by atoms with van der Waals surface area (Å²) in [6, 6.07) is 11.8. The quantitative estimate of drug-likeness (QED) is 0.0675. The van der Waals surface area contributed by atoms with Crippen LogP contribution >= 0.6 is 15.8 Å². The van der Waals surface area contributed by atoms with Crippen LogP contribution in [0.25, 0.3) is 0 Å². The molecule has 6 aromatic carbocycles. The van der Waals surface area contributed by atoms with Crippen LogP contribution in [0.15, 0.2) is 121 Å². The van der Waals surface area contributed by atoms with Gasteiger partial charge in [-0.25, -0.2) is 20.1 Å². The standard InChI is InChI=1S/2C21H10F12P.Fe/c2*22-18(23,24)11-5-12(19(25,26)27)8-16(7-11)34(15-3-1-2-4-15)17-9-13(20(28,29)30)6-14(10-17)21(31,32)33;/h2*1-10H;/q-5;-1;. The van der Waals surface area contributed by atoms with E-state index in [1.807, 2.05) is 0 Å². The van der Waals surface area contributed by atoms with E-state index in [-0.39, 0.29) is 51.9 Å². The zero-order chi connectivity index (χ0) is 51.4. The average Bonchev–Trinajstić information content (AvgIpc) is 3.91. The van der Waals surface area contributed by atoms with Crippen molar-refractivity contribution in [1.29, 1.82) is 0 Å². The van der Waals surface area contributed by atoms with Gasteiger partial charge in [-0.15, -0.1) is 5.30 Å². The van der Waals surface area contributed by atoms with E-state index >= 15 is 0 Å². The Morgan fingerprint density at radius 3 is 0.667 bits per heavy atom. The Kier molecular flexibility index (Phi) is 16.3. The molecule has 0 aliphatic rings. The molecule has 0 aliphatic carbocycles. The molecule has 0 radical (unpaired) electrons. The van der Waals surface area contributed by atoms with E-state index in [1.54, 1.807) is 0 Å². The molecule has 0 N–H and O–H groups in total. The van der Waals surface area contributed by atoms with Gasteiger partial charge in [0.1, 0.15) is 0 Å². The van der Waals surface area contributed by atoms with Gasteiger partial charge >= 0.3 is 49.4 Å². The SMILES string of the molecule is FC(F)(F)c1cc(P(c2cc(C(F)(F)F)cc(C(F)(F)F)c2)[c-]2[cH-][cH-][cH-][cH-]2)cc(C(F)(F)F)c1.FC(F)(F)c1cc(P(c2cc(C(F)(F)F)cc(C(F)(F)F)c2)[c-]2cccc2)cc(C(F)(F)F)c1.[Fe]. The largest absolute Gasteiger partial charge is 0.747 e. The van der Waals surface area contributed by atoms with Gasteiger partial charge in [0.05, 0.1) is 44.5 Å². The summed E-state index contributed by atoms with van der Waals surface area (Å²) in [4.78, 5) is 0. The monoisotopic (exact) mass is 1100 g/mol. The van der Waals surface area contributed by atoms with Crippen LogP contribution in [-0.2, 0) is 66.5 Å². The van der Waals surface area contributed by atoms with Crippen LogP contribution in [0.2, 0.25) is 0 Å². The molecule has 0 aliphatic heterocycles. The molecule has 0 amide bonds. The minimum Gasteiger partial charge on any atom is -0.747 e. The van der Waals surface area contributed by atoms with Crippen LogP contribution in [0, 0.1) is 0 Å². The topological polar surface area (TPSA) is 0 Å². The van der Waals surface area contributed by atoms with Crippen molar-refractivity contribution in [3.8, 4) is 0 Å². The molecule has 27 heteroatoms. The van der Waals surface area contributed by atoms with Crippen LogP contribution in [0.1, 0.15) is 44.5 Å². The van der Waals surface area contributed by atoms with Crippen LogP contribution in [-0.4, -0.2) is 0 Å². The molecule has 0 spiro atoms. The van der Waals surface area contributed by atoms with E-state index in [0.29, 0.717) is 48.5 Å². The van der Waals surface area contributed by atoms with E-state index in [0.717, 1.165) is 0 Å². The fraction of sp³-hybridized carbons (Fsp3) is 0.190. The number of benzene rings is 4. The Morgan fingerprint density at radius 2 is 0.478 bits per heavy atom. The van der Waals surface area contributed by atoms with E-state index < -0.39 is 131 Å². The smallest absolute Gasteiger partial charge is 0.416 e. The molecule has 0 fully saturated rings. The second-order valence-electron chi connectivity index (χ2n) is 14.0. The second-order valence-corrected chi connectivity index (χ2v) is 18.5. The fourth-order valence-corrected chi connectivity index (χ4v) is 11.1. The van der Waals surface area contributed by atoms with E-state index in [4.69, 9.17) is 0 Å². The van der Waals surface area contributed by atoms with Crippen molar-refractivity contribution < 1.29 is 122 Å². The van der Waals surface area contributed by atoms with Gasteiger partial charge in [-0.05, 0) is 83.4 Å². The maximum absolute atomic E-state index is 13.3. The molecule has 0 aromatic heterocycles. The van der Waals surface area contributed by atoms with Crippen LogP contribution in [0.5, 0.6) is 0 Å². The van der Waals surface area contributed by atoms with Crippen LogP contribution < -0.4 is 31.8 Å². The van der Waals surface area contributed by atoms with E-state index in [2.05, 4.69) is 0 Å². The zero-order valence-electron chi connectivity index (χ0n) is 32.9. The Hall–Kier alpha value is -4.72. The van der Waals surface area contributed by atoms with E-state index in [9.17, 15) is 105 Å². The Morgan fingerprint density at radius 1 is 0.290 bits per heavy atom.